The van der Waals surface area contributed by atoms with Crippen LogP contribution in [-0.2, 0) is 0 Å². The number of aliphatic hydroxyl groups is 1. The molecule has 2 N–H and O–H groups in total. The second-order valence-corrected chi connectivity index (χ2v) is 5.34. The summed E-state index contributed by atoms with van der Waals surface area (Å²) in [6.45, 7) is 9.40. The van der Waals surface area contributed by atoms with Crippen molar-refractivity contribution in [2.45, 2.75) is 33.7 Å². The third kappa shape index (κ3) is 3.95. The van der Waals surface area contributed by atoms with Crippen molar-refractivity contribution in [1.82, 2.24) is 5.32 Å². The van der Waals surface area contributed by atoms with Crippen LogP contribution in [0.4, 0.5) is 0 Å². The number of rotatable bonds is 5. The van der Waals surface area contributed by atoms with Gasteiger partial charge in [-0.2, -0.15) is 0 Å². The fourth-order valence-corrected chi connectivity index (χ4v) is 1.54. The van der Waals surface area contributed by atoms with Crippen LogP contribution in [-0.4, -0.2) is 18.3 Å². The summed E-state index contributed by atoms with van der Waals surface area (Å²) in [4.78, 5) is 0. The molecule has 0 saturated heterocycles. The molecule has 0 heterocycles. The molecule has 1 aromatic rings. The highest BCUT2D eigenvalue weighted by Crippen LogP contribution is 2.17. The van der Waals surface area contributed by atoms with Crippen LogP contribution in [0.3, 0.4) is 0 Å². The Labute approximate surface area is 98.7 Å². The molecule has 0 aliphatic heterocycles. The topological polar surface area (TPSA) is 32.3 Å². The summed E-state index contributed by atoms with van der Waals surface area (Å²) < 4.78 is 0. The van der Waals surface area contributed by atoms with Gasteiger partial charge in [0, 0.05) is 24.6 Å². The summed E-state index contributed by atoms with van der Waals surface area (Å²) in [5.74, 6) is 0. The molecule has 90 valence electrons. The Balaban J connectivity index is 2.56. The minimum atomic E-state index is -0.0575. The van der Waals surface area contributed by atoms with Crippen molar-refractivity contribution in [3.05, 3.63) is 35.4 Å². The molecule has 0 aliphatic carbocycles. The Hall–Kier alpha value is -0.860. The van der Waals surface area contributed by atoms with Crippen molar-refractivity contribution >= 4 is 0 Å². The number of aryl methyl sites for hydroxylation is 1. The highest BCUT2D eigenvalue weighted by Gasteiger charge is 2.17. The third-order valence-corrected chi connectivity index (χ3v) is 2.86. The molecule has 0 aromatic heterocycles. The average molecular weight is 221 g/mol. The third-order valence-electron chi connectivity index (χ3n) is 2.86. The van der Waals surface area contributed by atoms with Gasteiger partial charge in [-0.15, -0.1) is 0 Å². The van der Waals surface area contributed by atoms with Crippen molar-refractivity contribution in [1.29, 1.82) is 0 Å². The van der Waals surface area contributed by atoms with Gasteiger partial charge in [-0.1, -0.05) is 43.7 Å². The molecule has 2 heteroatoms. The normalized spacial score (nSPS) is 13.8. The summed E-state index contributed by atoms with van der Waals surface area (Å²) in [7, 11) is 0. The molecule has 0 aliphatic rings. The van der Waals surface area contributed by atoms with Gasteiger partial charge in [0.2, 0.25) is 0 Å². The quantitative estimate of drug-likeness (QED) is 0.801. The molecule has 16 heavy (non-hydrogen) atoms. The molecule has 0 unspecified atom stereocenters. The van der Waals surface area contributed by atoms with Gasteiger partial charge in [-0.3, -0.25) is 0 Å². The van der Waals surface area contributed by atoms with E-state index in [0.717, 1.165) is 6.54 Å². The lowest BCUT2D eigenvalue weighted by molar-refractivity contribution is 0.154. The molecule has 1 rings (SSSR count). The second-order valence-electron chi connectivity index (χ2n) is 5.34. The van der Waals surface area contributed by atoms with Crippen LogP contribution in [0.1, 0.15) is 37.9 Å². The number of aliphatic hydroxyl groups excluding tert-OH is 1. The van der Waals surface area contributed by atoms with Gasteiger partial charge in [0.15, 0.2) is 0 Å². The zero-order chi connectivity index (χ0) is 12.2. The van der Waals surface area contributed by atoms with E-state index in [1.54, 1.807) is 0 Å². The number of hydrogen-bond donors (Lipinski definition) is 2. The Morgan fingerprint density at radius 1 is 1.38 bits per heavy atom. The van der Waals surface area contributed by atoms with Crippen molar-refractivity contribution in [2.75, 3.05) is 13.2 Å². The predicted octanol–water partition coefficient (Wildman–Crippen LogP) is 2.66. The average Bonchev–Trinajstić information content (AvgIpc) is 2.26. The van der Waals surface area contributed by atoms with E-state index >= 15 is 0 Å². The molecule has 1 aromatic carbocycles. The SMILES string of the molecule is Cc1cccc([C@@H](C)NCC(C)(C)CO)c1. The van der Waals surface area contributed by atoms with Crippen molar-refractivity contribution < 1.29 is 5.11 Å². The van der Waals surface area contributed by atoms with Crippen molar-refractivity contribution in [2.24, 2.45) is 5.41 Å². The van der Waals surface area contributed by atoms with Crippen LogP contribution >= 0.6 is 0 Å². The highest BCUT2D eigenvalue weighted by atomic mass is 16.3. The molecule has 0 spiro atoms. The van der Waals surface area contributed by atoms with E-state index in [4.69, 9.17) is 0 Å². The monoisotopic (exact) mass is 221 g/mol. The highest BCUT2D eigenvalue weighted by molar-refractivity contribution is 5.24. The maximum Gasteiger partial charge on any atom is 0.0494 e. The zero-order valence-corrected chi connectivity index (χ0v) is 10.7. The number of nitrogens with one attached hydrogen (secondary N) is 1. The lowest BCUT2D eigenvalue weighted by atomic mass is 9.94. The summed E-state index contributed by atoms with van der Waals surface area (Å²) in [6.07, 6.45) is 0. The lowest BCUT2D eigenvalue weighted by Crippen LogP contribution is -2.33. The van der Waals surface area contributed by atoms with Crippen molar-refractivity contribution in [3.8, 4) is 0 Å². The predicted molar refractivity (Wildman–Crippen MR) is 68.5 cm³/mol. The van der Waals surface area contributed by atoms with Crippen LogP contribution in [0.15, 0.2) is 24.3 Å². The molecule has 0 saturated carbocycles. The van der Waals surface area contributed by atoms with Crippen molar-refractivity contribution in [3.63, 3.8) is 0 Å². The molecule has 0 amide bonds. The minimum Gasteiger partial charge on any atom is -0.396 e. The number of benzene rings is 1. The first-order valence-corrected chi connectivity index (χ1v) is 5.85. The summed E-state index contributed by atoms with van der Waals surface area (Å²) >= 11 is 0. The summed E-state index contributed by atoms with van der Waals surface area (Å²) in [5.41, 5.74) is 2.53. The molecular weight excluding hydrogens is 198 g/mol. The van der Waals surface area contributed by atoms with Gasteiger partial charge in [-0.25, -0.2) is 0 Å². The van der Waals surface area contributed by atoms with E-state index in [0.29, 0.717) is 6.04 Å². The van der Waals surface area contributed by atoms with E-state index < -0.39 is 0 Å². The van der Waals surface area contributed by atoms with E-state index in [2.05, 4.69) is 57.3 Å². The van der Waals surface area contributed by atoms with Crippen LogP contribution in [0.25, 0.3) is 0 Å². The minimum absolute atomic E-state index is 0.0575. The van der Waals surface area contributed by atoms with Gasteiger partial charge in [0.25, 0.3) is 0 Å². The van der Waals surface area contributed by atoms with Crippen LogP contribution in [0.2, 0.25) is 0 Å². The van der Waals surface area contributed by atoms with Crippen LogP contribution in [0.5, 0.6) is 0 Å². The first-order valence-electron chi connectivity index (χ1n) is 5.85. The van der Waals surface area contributed by atoms with Gasteiger partial charge in [0.05, 0.1) is 0 Å². The maximum absolute atomic E-state index is 9.18. The van der Waals surface area contributed by atoms with Gasteiger partial charge >= 0.3 is 0 Å². The Bertz CT molecular complexity index is 333. The Morgan fingerprint density at radius 3 is 2.62 bits per heavy atom. The first kappa shape index (κ1) is 13.2. The fraction of sp³-hybridized carbons (Fsp3) is 0.571. The first-order chi connectivity index (χ1) is 7.44. The summed E-state index contributed by atoms with van der Waals surface area (Å²) in [6, 6.07) is 8.85. The molecule has 2 nitrogen and oxygen atoms in total. The van der Waals surface area contributed by atoms with Gasteiger partial charge < -0.3 is 10.4 Å². The molecule has 0 radical (unpaired) electrons. The lowest BCUT2D eigenvalue weighted by Gasteiger charge is -2.25. The molecule has 0 fully saturated rings. The fourth-order valence-electron chi connectivity index (χ4n) is 1.54. The molecule has 0 bridgehead atoms. The van der Waals surface area contributed by atoms with E-state index in [1.165, 1.54) is 11.1 Å². The number of hydrogen-bond acceptors (Lipinski definition) is 2. The van der Waals surface area contributed by atoms with Crippen LogP contribution < -0.4 is 5.32 Å². The standard InChI is InChI=1S/C14H23NO/c1-11-6-5-7-13(8-11)12(2)15-9-14(3,4)10-16/h5-8,12,15-16H,9-10H2,1-4H3/t12-/m1/s1. The zero-order valence-electron chi connectivity index (χ0n) is 10.7. The van der Waals surface area contributed by atoms with Gasteiger partial charge in [-0.05, 0) is 19.4 Å². The van der Waals surface area contributed by atoms with E-state index in [9.17, 15) is 5.11 Å². The smallest absolute Gasteiger partial charge is 0.0494 e. The van der Waals surface area contributed by atoms with Crippen LogP contribution in [0, 0.1) is 12.3 Å². The summed E-state index contributed by atoms with van der Waals surface area (Å²) in [5, 5.41) is 12.6. The Morgan fingerprint density at radius 2 is 2.06 bits per heavy atom. The molecular formula is C14H23NO. The Kier molecular flexibility index (Phi) is 4.51. The molecule has 1 atom stereocenters. The second kappa shape index (κ2) is 5.46. The van der Waals surface area contributed by atoms with E-state index in [-0.39, 0.29) is 12.0 Å². The van der Waals surface area contributed by atoms with Gasteiger partial charge in [0.1, 0.15) is 0 Å². The van der Waals surface area contributed by atoms with E-state index in [1.807, 2.05) is 0 Å². The largest absolute Gasteiger partial charge is 0.396 e. The maximum atomic E-state index is 9.18.